The smallest absolute Gasteiger partial charge is 0.255 e. The van der Waals surface area contributed by atoms with E-state index in [4.69, 9.17) is 5.73 Å². The van der Waals surface area contributed by atoms with Gasteiger partial charge in [-0.25, -0.2) is 0 Å². The van der Waals surface area contributed by atoms with Crippen LogP contribution in [0.25, 0.3) is 0 Å². The van der Waals surface area contributed by atoms with Crippen molar-refractivity contribution in [3.05, 3.63) is 29.8 Å². The zero-order valence-corrected chi connectivity index (χ0v) is 15.1. The van der Waals surface area contributed by atoms with Crippen molar-refractivity contribution in [1.82, 2.24) is 4.90 Å². The molecule has 3 rings (SSSR count). The van der Waals surface area contributed by atoms with Gasteiger partial charge in [-0.3, -0.25) is 9.59 Å². The number of anilines is 1. The molecule has 2 amide bonds. The number of likely N-dealkylation sites (tertiary alicyclic amines) is 1. The number of nitrogens with zero attached hydrogens (tertiary/aromatic N) is 2. The maximum Gasteiger partial charge on any atom is 0.255 e. The second-order valence-electron chi connectivity index (χ2n) is 7.18. The van der Waals surface area contributed by atoms with Gasteiger partial charge < -0.3 is 15.5 Å². The van der Waals surface area contributed by atoms with Crippen molar-refractivity contribution in [3.8, 4) is 0 Å². The number of halogens is 1. The van der Waals surface area contributed by atoms with Crippen LogP contribution in [0.15, 0.2) is 24.3 Å². The van der Waals surface area contributed by atoms with Crippen molar-refractivity contribution in [3.63, 3.8) is 0 Å². The van der Waals surface area contributed by atoms with E-state index in [9.17, 15) is 9.59 Å². The third kappa shape index (κ3) is 3.57. The van der Waals surface area contributed by atoms with Gasteiger partial charge in [0.05, 0.1) is 11.3 Å². The summed E-state index contributed by atoms with van der Waals surface area (Å²) < 4.78 is 0. The summed E-state index contributed by atoms with van der Waals surface area (Å²) in [4.78, 5) is 28.8. The van der Waals surface area contributed by atoms with E-state index < -0.39 is 0 Å². The molecular formula is C18H26ClN3O2. The number of para-hydroxylation sites is 1. The summed E-state index contributed by atoms with van der Waals surface area (Å²) in [5.74, 6) is 0.238. The summed E-state index contributed by atoms with van der Waals surface area (Å²) in [6.07, 6.45) is 2.84. The molecule has 132 valence electrons. The van der Waals surface area contributed by atoms with E-state index in [1.807, 2.05) is 29.2 Å². The van der Waals surface area contributed by atoms with Crippen LogP contribution in [0.2, 0.25) is 0 Å². The molecule has 2 fully saturated rings. The summed E-state index contributed by atoms with van der Waals surface area (Å²) in [6, 6.07) is 7.39. The average molecular weight is 352 g/mol. The maximum absolute atomic E-state index is 12.9. The molecule has 0 spiro atoms. The molecule has 1 saturated heterocycles. The Morgan fingerprint density at radius 2 is 2.00 bits per heavy atom. The van der Waals surface area contributed by atoms with Gasteiger partial charge in [0.15, 0.2) is 0 Å². The van der Waals surface area contributed by atoms with Gasteiger partial charge in [-0.15, -0.1) is 12.4 Å². The van der Waals surface area contributed by atoms with Crippen LogP contribution in [0.5, 0.6) is 0 Å². The van der Waals surface area contributed by atoms with Gasteiger partial charge in [-0.2, -0.15) is 0 Å². The molecule has 1 aromatic rings. The zero-order chi connectivity index (χ0) is 16.6. The number of nitrogens with two attached hydrogens (primary N) is 1. The molecule has 1 atom stereocenters. The normalized spacial score (nSPS) is 22.9. The maximum atomic E-state index is 12.9. The number of carbonyl (C=O) groups excluding carboxylic acids is 2. The minimum absolute atomic E-state index is 0. The lowest BCUT2D eigenvalue weighted by Gasteiger charge is -2.25. The molecule has 2 aliphatic rings. The molecule has 1 aromatic carbocycles. The molecule has 24 heavy (non-hydrogen) atoms. The van der Waals surface area contributed by atoms with Crippen LogP contribution in [0.3, 0.4) is 0 Å². The first-order valence-corrected chi connectivity index (χ1v) is 8.31. The highest BCUT2D eigenvalue weighted by Crippen LogP contribution is 2.34. The van der Waals surface area contributed by atoms with Crippen molar-refractivity contribution in [2.75, 3.05) is 31.6 Å². The van der Waals surface area contributed by atoms with E-state index in [0.29, 0.717) is 24.3 Å². The van der Waals surface area contributed by atoms with Gasteiger partial charge in [0.25, 0.3) is 5.91 Å². The van der Waals surface area contributed by atoms with E-state index in [1.165, 1.54) is 0 Å². The number of hydrogen-bond acceptors (Lipinski definition) is 3. The molecule has 1 heterocycles. The van der Waals surface area contributed by atoms with Gasteiger partial charge in [0.1, 0.15) is 0 Å². The fourth-order valence-electron chi connectivity index (χ4n) is 3.20. The predicted octanol–water partition coefficient (Wildman–Crippen LogP) is 2.29. The van der Waals surface area contributed by atoms with Crippen LogP contribution in [-0.2, 0) is 4.79 Å². The van der Waals surface area contributed by atoms with Crippen molar-refractivity contribution in [2.45, 2.75) is 26.2 Å². The number of rotatable bonds is 4. The number of benzene rings is 1. The van der Waals surface area contributed by atoms with Crippen LogP contribution in [0.4, 0.5) is 5.69 Å². The second kappa shape index (κ2) is 7.11. The highest BCUT2D eigenvalue weighted by atomic mass is 35.5. The lowest BCUT2D eigenvalue weighted by atomic mass is 9.90. The first kappa shape index (κ1) is 18.7. The Kier molecular flexibility index (Phi) is 5.56. The Morgan fingerprint density at radius 1 is 1.33 bits per heavy atom. The van der Waals surface area contributed by atoms with Crippen molar-refractivity contribution < 1.29 is 9.59 Å². The first-order valence-electron chi connectivity index (χ1n) is 8.31. The summed E-state index contributed by atoms with van der Waals surface area (Å²) in [6.45, 7) is 4.10. The average Bonchev–Trinajstić information content (AvgIpc) is 3.35. The van der Waals surface area contributed by atoms with E-state index in [-0.39, 0.29) is 35.6 Å². The van der Waals surface area contributed by atoms with E-state index in [0.717, 1.165) is 25.8 Å². The fourth-order valence-corrected chi connectivity index (χ4v) is 3.20. The largest absolute Gasteiger partial charge is 0.338 e. The van der Waals surface area contributed by atoms with Crippen LogP contribution in [0, 0.1) is 11.3 Å². The molecule has 0 radical (unpaired) electrons. The van der Waals surface area contributed by atoms with Crippen molar-refractivity contribution in [2.24, 2.45) is 17.1 Å². The highest BCUT2D eigenvalue weighted by molar-refractivity contribution is 6.05. The molecular weight excluding hydrogens is 326 g/mol. The van der Waals surface area contributed by atoms with E-state index in [2.05, 4.69) is 6.92 Å². The minimum Gasteiger partial charge on any atom is -0.338 e. The van der Waals surface area contributed by atoms with E-state index in [1.54, 1.807) is 11.9 Å². The van der Waals surface area contributed by atoms with Gasteiger partial charge >= 0.3 is 0 Å². The van der Waals surface area contributed by atoms with Gasteiger partial charge in [-0.1, -0.05) is 19.1 Å². The lowest BCUT2D eigenvalue weighted by Crippen LogP contribution is -2.36. The molecule has 1 saturated carbocycles. The quantitative estimate of drug-likeness (QED) is 0.905. The number of hydrogen-bond donors (Lipinski definition) is 1. The minimum atomic E-state index is -0.00628. The Bertz CT molecular complexity index is 632. The molecule has 1 aliphatic carbocycles. The van der Waals surface area contributed by atoms with Crippen LogP contribution < -0.4 is 10.6 Å². The van der Waals surface area contributed by atoms with Gasteiger partial charge in [-0.05, 0) is 43.4 Å². The number of amides is 2. The highest BCUT2D eigenvalue weighted by Gasteiger charge is 2.37. The molecule has 2 N–H and O–H groups in total. The third-order valence-corrected chi connectivity index (χ3v) is 5.09. The van der Waals surface area contributed by atoms with Crippen LogP contribution in [0.1, 0.15) is 36.5 Å². The summed E-state index contributed by atoms with van der Waals surface area (Å²) in [5.41, 5.74) is 7.14. The predicted molar refractivity (Wildman–Crippen MR) is 97.5 cm³/mol. The fraction of sp³-hybridized carbons (Fsp3) is 0.556. The summed E-state index contributed by atoms with van der Waals surface area (Å²) in [5, 5.41) is 0. The molecule has 5 nitrogen and oxygen atoms in total. The lowest BCUT2D eigenvalue weighted by molar-refractivity contribution is -0.119. The van der Waals surface area contributed by atoms with E-state index >= 15 is 0 Å². The SMILES string of the molecule is CN(C(=O)C1CC1)c1ccccc1C(=O)N1CCC(C)(CN)C1.Cl. The molecule has 1 aliphatic heterocycles. The standard InChI is InChI=1S/C18H25N3O2.ClH/c1-18(11-19)9-10-21(12-18)17(23)14-5-3-4-6-15(14)20(2)16(22)13-7-8-13;/h3-6,13H,7-12,19H2,1-2H3;1H. The van der Waals surface area contributed by atoms with Crippen LogP contribution in [-0.4, -0.2) is 43.4 Å². The zero-order valence-electron chi connectivity index (χ0n) is 14.3. The Balaban J connectivity index is 0.00000208. The number of carbonyl (C=O) groups is 2. The molecule has 0 bridgehead atoms. The first-order chi connectivity index (χ1) is 10.9. The van der Waals surface area contributed by atoms with Gasteiger partial charge in [0.2, 0.25) is 5.91 Å². The Hall–Kier alpha value is -1.59. The molecule has 0 aromatic heterocycles. The monoisotopic (exact) mass is 351 g/mol. The Morgan fingerprint density at radius 3 is 2.58 bits per heavy atom. The molecule has 6 heteroatoms. The second-order valence-corrected chi connectivity index (χ2v) is 7.18. The van der Waals surface area contributed by atoms with Crippen LogP contribution >= 0.6 is 12.4 Å². The summed E-state index contributed by atoms with van der Waals surface area (Å²) in [7, 11) is 1.76. The summed E-state index contributed by atoms with van der Waals surface area (Å²) >= 11 is 0. The van der Waals surface area contributed by atoms with Gasteiger partial charge in [0, 0.05) is 26.1 Å². The third-order valence-electron chi connectivity index (χ3n) is 5.09. The molecule has 1 unspecified atom stereocenters. The van der Waals surface area contributed by atoms with Crippen molar-refractivity contribution >= 4 is 29.9 Å². The Labute approximate surface area is 149 Å². The van der Waals surface area contributed by atoms with Crippen molar-refractivity contribution in [1.29, 1.82) is 0 Å². The topological polar surface area (TPSA) is 66.6 Å².